The second kappa shape index (κ2) is 6.17. The molecule has 0 aliphatic rings. The van der Waals surface area contributed by atoms with Crippen molar-refractivity contribution in [3.8, 4) is 0 Å². The maximum absolute atomic E-state index is 11.5. The van der Waals surface area contributed by atoms with Gasteiger partial charge in [0.15, 0.2) is 0 Å². The number of carbonyl (C=O) groups excluding carboxylic acids is 2. The SMILES string of the molecule is CCCNC(=O)CNC(=O)c1cc(Cl)c[nH]1. The highest BCUT2D eigenvalue weighted by Gasteiger charge is 2.09. The molecular formula is C10H14ClN3O2. The van der Waals surface area contributed by atoms with Crippen LogP contribution in [0.1, 0.15) is 23.8 Å². The van der Waals surface area contributed by atoms with Crippen LogP contribution in [0.5, 0.6) is 0 Å². The molecule has 0 aliphatic carbocycles. The van der Waals surface area contributed by atoms with Crippen molar-refractivity contribution in [2.75, 3.05) is 13.1 Å². The Kier molecular flexibility index (Phi) is 4.85. The fourth-order valence-electron chi connectivity index (χ4n) is 1.08. The second-order valence-corrected chi connectivity index (χ2v) is 3.70. The zero-order valence-corrected chi connectivity index (χ0v) is 9.73. The molecular weight excluding hydrogens is 230 g/mol. The summed E-state index contributed by atoms with van der Waals surface area (Å²) in [5.74, 6) is -0.550. The van der Waals surface area contributed by atoms with Gasteiger partial charge in [-0.05, 0) is 12.5 Å². The summed E-state index contributed by atoms with van der Waals surface area (Å²) in [5, 5.41) is 5.59. The fraction of sp³-hybridized carbons (Fsp3) is 0.400. The number of aromatic amines is 1. The molecule has 0 spiro atoms. The molecule has 0 saturated carbocycles. The van der Waals surface area contributed by atoms with Gasteiger partial charge >= 0.3 is 0 Å². The summed E-state index contributed by atoms with van der Waals surface area (Å²) in [6, 6.07) is 1.50. The van der Waals surface area contributed by atoms with Crippen LogP contribution in [0, 0.1) is 0 Å². The number of H-pyrrole nitrogens is 1. The van der Waals surface area contributed by atoms with E-state index in [2.05, 4.69) is 15.6 Å². The molecule has 0 aromatic carbocycles. The van der Waals surface area contributed by atoms with Crippen molar-refractivity contribution in [2.24, 2.45) is 0 Å². The number of halogens is 1. The van der Waals surface area contributed by atoms with E-state index in [4.69, 9.17) is 11.6 Å². The van der Waals surface area contributed by atoms with Gasteiger partial charge in [-0.3, -0.25) is 9.59 Å². The zero-order chi connectivity index (χ0) is 12.0. The highest BCUT2D eigenvalue weighted by Crippen LogP contribution is 2.08. The first kappa shape index (κ1) is 12.6. The molecule has 0 atom stereocenters. The van der Waals surface area contributed by atoms with Crippen LogP contribution >= 0.6 is 11.6 Å². The van der Waals surface area contributed by atoms with Gasteiger partial charge in [0.1, 0.15) is 5.69 Å². The Morgan fingerprint density at radius 2 is 2.19 bits per heavy atom. The molecule has 16 heavy (non-hydrogen) atoms. The number of amides is 2. The first-order chi connectivity index (χ1) is 7.63. The maximum atomic E-state index is 11.5. The lowest BCUT2D eigenvalue weighted by Crippen LogP contribution is -2.37. The average molecular weight is 244 g/mol. The molecule has 0 aliphatic heterocycles. The van der Waals surface area contributed by atoms with Crippen LogP contribution < -0.4 is 10.6 Å². The van der Waals surface area contributed by atoms with Gasteiger partial charge in [-0.2, -0.15) is 0 Å². The van der Waals surface area contributed by atoms with Crippen LogP contribution in [0.4, 0.5) is 0 Å². The van der Waals surface area contributed by atoms with Gasteiger partial charge in [0.25, 0.3) is 5.91 Å². The molecule has 1 aromatic heterocycles. The summed E-state index contributed by atoms with van der Waals surface area (Å²) in [6.45, 7) is 2.54. The molecule has 1 rings (SSSR count). The molecule has 0 radical (unpaired) electrons. The normalized spacial score (nSPS) is 9.88. The number of carbonyl (C=O) groups is 2. The molecule has 3 N–H and O–H groups in total. The highest BCUT2D eigenvalue weighted by atomic mass is 35.5. The summed E-state index contributed by atoms with van der Waals surface area (Å²) in [5.41, 5.74) is 0.341. The number of nitrogens with one attached hydrogen (secondary N) is 3. The van der Waals surface area contributed by atoms with Gasteiger partial charge in [0.05, 0.1) is 11.6 Å². The zero-order valence-electron chi connectivity index (χ0n) is 8.97. The van der Waals surface area contributed by atoms with E-state index in [0.29, 0.717) is 17.3 Å². The third-order valence-corrected chi connectivity index (χ3v) is 2.09. The van der Waals surface area contributed by atoms with E-state index in [-0.39, 0.29) is 18.4 Å². The molecule has 0 fully saturated rings. The lowest BCUT2D eigenvalue weighted by molar-refractivity contribution is -0.120. The van der Waals surface area contributed by atoms with E-state index < -0.39 is 0 Å². The first-order valence-corrected chi connectivity index (χ1v) is 5.40. The van der Waals surface area contributed by atoms with Gasteiger partial charge in [0, 0.05) is 12.7 Å². The summed E-state index contributed by atoms with van der Waals surface area (Å²) < 4.78 is 0. The Labute approximate surface area is 98.6 Å². The molecule has 2 amide bonds. The predicted molar refractivity (Wildman–Crippen MR) is 61.4 cm³/mol. The minimum absolute atomic E-state index is 0.0323. The van der Waals surface area contributed by atoms with E-state index in [1.54, 1.807) is 0 Å². The number of rotatable bonds is 5. The van der Waals surface area contributed by atoms with Gasteiger partial charge in [-0.15, -0.1) is 0 Å². The number of aromatic nitrogens is 1. The second-order valence-electron chi connectivity index (χ2n) is 3.26. The van der Waals surface area contributed by atoms with Crippen LogP contribution in [-0.4, -0.2) is 29.9 Å². The van der Waals surface area contributed by atoms with E-state index in [0.717, 1.165) is 6.42 Å². The molecule has 88 valence electrons. The number of hydrogen-bond acceptors (Lipinski definition) is 2. The Balaban J connectivity index is 2.33. The van der Waals surface area contributed by atoms with Crippen molar-refractivity contribution >= 4 is 23.4 Å². The van der Waals surface area contributed by atoms with Crippen molar-refractivity contribution in [2.45, 2.75) is 13.3 Å². The summed E-state index contributed by atoms with van der Waals surface area (Å²) in [7, 11) is 0. The summed E-state index contributed by atoms with van der Waals surface area (Å²) in [6.07, 6.45) is 2.37. The standard InChI is InChI=1S/C10H14ClN3O2/c1-2-3-12-9(15)6-14-10(16)8-4-7(11)5-13-8/h4-5,13H,2-3,6H2,1H3,(H,12,15)(H,14,16). The Hall–Kier alpha value is -1.49. The van der Waals surface area contributed by atoms with Crippen LogP contribution in [0.25, 0.3) is 0 Å². The van der Waals surface area contributed by atoms with Crippen LogP contribution in [0.15, 0.2) is 12.3 Å². The maximum Gasteiger partial charge on any atom is 0.268 e. The molecule has 5 nitrogen and oxygen atoms in total. The van der Waals surface area contributed by atoms with Crippen LogP contribution in [0.3, 0.4) is 0 Å². The predicted octanol–water partition coefficient (Wildman–Crippen LogP) is 0.924. The van der Waals surface area contributed by atoms with Crippen molar-refractivity contribution in [3.63, 3.8) is 0 Å². The third kappa shape index (κ3) is 3.94. The van der Waals surface area contributed by atoms with Gasteiger partial charge in [0.2, 0.25) is 5.91 Å². The molecule has 0 saturated heterocycles. The smallest absolute Gasteiger partial charge is 0.268 e. The van der Waals surface area contributed by atoms with Crippen LogP contribution in [-0.2, 0) is 4.79 Å². The number of hydrogen-bond donors (Lipinski definition) is 3. The van der Waals surface area contributed by atoms with Crippen molar-refractivity contribution in [3.05, 3.63) is 23.0 Å². The monoisotopic (exact) mass is 243 g/mol. The lowest BCUT2D eigenvalue weighted by Gasteiger charge is -2.04. The highest BCUT2D eigenvalue weighted by molar-refractivity contribution is 6.30. The minimum Gasteiger partial charge on any atom is -0.356 e. The third-order valence-electron chi connectivity index (χ3n) is 1.87. The quantitative estimate of drug-likeness (QED) is 0.720. The fourth-order valence-corrected chi connectivity index (χ4v) is 1.25. The van der Waals surface area contributed by atoms with E-state index in [9.17, 15) is 9.59 Å². The molecule has 1 heterocycles. The van der Waals surface area contributed by atoms with Crippen LogP contribution in [0.2, 0.25) is 5.02 Å². The van der Waals surface area contributed by atoms with Gasteiger partial charge in [-0.1, -0.05) is 18.5 Å². The Morgan fingerprint density at radius 3 is 2.75 bits per heavy atom. The van der Waals surface area contributed by atoms with E-state index in [1.807, 2.05) is 6.92 Å². The first-order valence-electron chi connectivity index (χ1n) is 5.02. The van der Waals surface area contributed by atoms with Crippen molar-refractivity contribution in [1.29, 1.82) is 0 Å². The largest absolute Gasteiger partial charge is 0.356 e. The van der Waals surface area contributed by atoms with E-state index in [1.165, 1.54) is 12.3 Å². The molecule has 0 bridgehead atoms. The summed E-state index contributed by atoms with van der Waals surface area (Å²) >= 11 is 5.65. The summed E-state index contributed by atoms with van der Waals surface area (Å²) in [4.78, 5) is 25.3. The van der Waals surface area contributed by atoms with Gasteiger partial charge in [-0.25, -0.2) is 0 Å². The van der Waals surface area contributed by atoms with Gasteiger partial charge < -0.3 is 15.6 Å². The van der Waals surface area contributed by atoms with E-state index >= 15 is 0 Å². The topological polar surface area (TPSA) is 74.0 Å². The lowest BCUT2D eigenvalue weighted by atomic mass is 10.4. The molecule has 6 heteroatoms. The Morgan fingerprint density at radius 1 is 1.44 bits per heavy atom. The minimum atomic E-state index is -0.349. The molecule has 1 aromatic rings. The van der Waals surface area contributed by atoms with Crippen molar-refractivity contribution < 1.29 is 9.59 Å². The molecule has 0 unspecified atom stereocenters. The average Bonchev–Trinajstić information content (AvgIpc) is 2.69. The Bertz CT molecular complexity index is 376. The van der Waals surface area contributed by atoms with Crippen molar-refractivity contribution in [1.82, 2.24) is 15.6 Å².